The minimum absolute atomic E-state index is 0.211. The molecule has 0 aliphatic carbocycles. The summed E-state index contributed by atoms with van der Waals surface area (Å²) in [5.41, 5.74) is -10.6. The average Bonchev–Trinajstić information content (AvgIpc) is 3.71. The number of alkyl halides is 3. The van der Waals surface area contributed by atoms with E-state index >= 15 is 0 Å². The van der Waals surface area contributed by atoms with E-state index in [9.17, 15) is 36.0 Å². The van der Waals surface area contributed by atoms with E-state index in [-0.39, 0.29) is 10.1 Å². The minimum Gasteiger partial charge on any atom is -0.497 e. The number of aromatic nitrogens is 2. The van der Waals surface area contributed by atoms with E-state index in [2.05, 4.69) is 0 Å². The van der Waals surface area contributed by atoms with Crippen molar-refractivity contribution in [2.24, 2.45) is 0 Å². The molecule has 1 aliphatic rings. The monoisotopic (exact) mass is 1030 g/mol. The predicted octanol–water partition coefficient (Wildman–Crippen LogP) is 9.64. The second-order valence-electron chi connectivity index (χ2n) is 18.3. The summed E-state index contributed by atoms with van der Waals surface area (Å²) in [7, 11) is -3.59. The van der Waals surface area contributed by atoms with Gasteiger partial charge in [0, 0.05) is 11.8 Å². The fourth-order valence-electron chi connectivity index (χ4n) is 9.07. The highest BCUT2D eigenvalue weighted by atomic mass is 32.2. The predicted molar refractivity (Wildman–Crippen MR) is 267 cm³/mol. The van der Waals surface area contributed by atoms with Crippen LogP contribution in [-0.2, 0) is 44.5 Å². The zero-order valence-electron chi connectivity index (χ0n) is 41.1. The number of aryl methyl sites for hydroxylation is 1. The van der Waals surface area contributed by atoms with Crippen LogP contribution >= 0.6 is 0 Å². The van der Waals surface area contributed by atoms with Crippen LogP contribution in [0.15, 0.2) is 186 Å². The number of carbonyl (C=O) groups excluding carboxylic acids is 1. The number of hydrogen-bond donors (Lipinski definition) is 0. The summed E-state index contributed by atoms with van der Waals surface area (Å²) in [5.74, 6) is 0.936. The van der Waals surface area contributed by atoms with Crippen molar-refractivity contribution >= 4 is 16.2 Å². The lowest BCUT2D eigenvalue weighted by Gasteiger charge is -2.40. The molecule has 1 fully saturated rings. The van der Waals surface area contributed by atoms with Gasteiger partial charge >= 0.3 is 27.4 Å². The van der Waals surface area contributed by atoms with Crippen molar-refractivity contribution in [3.05, 3.63) is 236 Å². The Kier molecular flexibility index (Phi) is 15.2. The van der Waals surface area contributed by atoms with Crippen LogP contribution in [0, 0.1) is 6.92 Å². The van der Waals surface area contributed by atoms with Crippen molar-refractivity contribution in [3.63, 3.8) is 0 Å². The molecule has 8 rings (SSSR count). The Hall–Kier alpha value is -7.35. The molecule has 18 heteroatoms. The van der Waals surface area contributed by atoms with Gasteiger partial charge in [-0.05, 0) is 85.3 Å². The third-order valence-electron chi connectivity index (χ3n) is 12.4. The maximum Gasteiger partial charge on any atom is 0.523 e. The van der Waals surface area contributed by atoms with Gasteiger partial charge in [0.05, 0.1) is 20.8 Å². The summed E-state index contributed by atoms with van der Waals surface area (Å²) >= 11 is 0. The van der Waals surface area contributed by atoms with Gasteiger partial charge in [-0.3, -0.25) is 13.5 Å². The Morgan fingerprint density at radius 2 is 1.01 bits per heavy atom. The number of benzene rings is 6. The molecule has 1 aromatic heterocycles. The molecule has 386 valence electrons. The Morgan fingerprint density at radius 1 is 0.608 bits per heavy atom. The third kappa shape index (κ3) is 10.4. The summed E-state index contributed by atoms with van der Waals surface area (Å²) in [5, 5.41) is 0. The van der Waals surface area contributed by atoms with Gasteiger partial charge in [-0.15, -0.1) is 0 Å². The molecule has 0 radical (unpaired) electrons. The Bertz CT molecular complexity index is 3200. The first kappa shape index (κ1) is 53.0. The van der Waals surface area contributed by atoms with Crippen LogP contribution in [0.3, 0.4) is 0 Å². The smallest absolute Gasteiger partial charge is 0.497 e. The molecule has 0 unspecified atom stereocenters. The van der Waals surface area contributed by atoms with Crippen molar-refractivity contribution in [3.8, 4) is 11.5 Å². The third-order valence-corrected chi connectivity index (χ3v) is 13.5. The normalized spacial score (nSPS) is 17.4. The van der Waals surface area contributed by atoms with Gasteiger partial charge in [0.25, 0.3) is 5.56 Å². The Morgan fingerprint density at radius 3 is 1.42 bits per heavy atom. The first-order valence-corrected chi connectivity index (χ1v) is 24.7. The molecule has 1 aliphatic heterocycles. The molecule has 1 saturated heterocycles. The molecule has 14 nitrogen and oxygen atoms in total. The number of carbonyl (C=O) groups is 1. The molecule has 0 spiro atoms. The fourth-order valence-corrected chi connectivity index (χ4v) is 9.70. The van der Waals surface area contributed by atoms with Gasteiger partial charge < -0.3 is 28.4 Å². The van der Waals surface area contributed by atoms with Gasteiger partial charge in [-0.2, -0.15) is 26.2 Å². The van der Waals surface area contributed by atoms with Gasteiger partial charge in [-0.1, -0.05) is 146 Å². The zero-order valence-corrected chi connectivity index (χ0v) is 41.9. The van der Waals surface area contributed by atoms with E-state index in [4.69, 9.17) is 32.6 Å². The number of methoxy groups -OCH3 is 2. The lowest BCUT2D eigenvalue weighted by molar-refractivity contribution is -0.125. The van der Waals surface area contributed by atoms with Crippen LogP contribution in [0.2, 0.25) is 0 Å². The highest BCUT2D eigenvalue weighted by Gasteiger charge is 2.59. The minimum atomic E-state index is -6.56. The SMILES string of the molecule is COc1ccc(C(OC[C@H]2O[C@@H](n3cc(C)c(=O)n(C(=O)OC(C)(C)C)c3=O)[C@H](OC(c3ccccc3)(c3ccccc3)c3ccc(OC)cc3)[C@@H]2OS(=O)(=O)C(F)(F)F)(c2ccccc2)c2ccccc2)cc1. The van der Waals surface area contributed by atoms with Crippen LogP contribution < -0.4 is 20.7 Å². The average molecular weight is 1040 g/mol. The number of ether oxygens (including phenoxy) is 6. The van der Waals surface area contributed by atoms with E-state index in [0.29, 0.717) is 44.9 Å². The summed E-state index contributed by atoms with van der Waals surface area (Å²) in [4.78, 5) is 42.5. The van der Waals surface area contributed by atoms with Gasteiger partial charge in [0.15, 0.2) is 6.23 Å². The van der Waals surface area contributed by atoms with Crippen LogP contribution in [0.4, 0.5) is 18.0 Å². The highest BCUT2D eigenvalue weighted by Crippen LogP contribution is 2.48. The standard InChI is InChI=1S/C56H53F3N2O12S/c1-37-35-60(51(63)61(49(37)62)52(64)72-53(2,3)4)50-48(71-55(40-23-15-9-16-24-40,41-25-17-10-18-26-41)43-29-33-45(68-6)34-30-43)47(73-74(65,66)56(57,58)59)46(70-50)36-69-54(38-19-11-7-12-20-38,39-21-13-8-14-22-39)42-27-31-44(67-5)32-28-42/h7-35,46-48,50H,36H2,1-6H3/t46-,47-,48-,50-/m1/s1. The first-order valence-electron chi connectivity index (χ1n) is 23.3. The van der Waals surface area contributed by atoms with Crippen LogP contribution in [0.5, 0.6) is 11.5 Å². The summed E-state index contributed by atoms with van der Waals surface area (Å²) < 4.78 is 116. The molecule has 6 aromatic carbocycles. The summed E-state index contributed by atoms with van der Waals surface area (Å²) in [6.45, 7) is 5.10. The topological polar surface area (TPSA) is 160 Å². The van der Waals surface area contributed by atoms with E-state index in [1.807, 2.05) is 0 Å². The van der Waals surface area contributed by atoms with Gasteiger partial charge in [-0.25, -0.2) is 9.59 Å². The number of rotatable bonds is 16. The second kappa shape index (κ2) is 21.2. The lowest BCUT2D eigenvalue weighted by atomic mass is 9.79. The van der Waals surface area contributed by atoms with Gasteiger partial charge in [0.1, 0.15) is 46.6 Å². The second-order valence-corrected chi connectivity index (χ2v) is 19.9. The largest absolute Gasteiger partial charge is 0.523 e. The molecule has 2 heterocycles. The molecular weight excluding hydrogens is 982 g/mol. The molecule has 4 atom stereocenters. The van der Waals surface area contributed by atoms with Crippen LogP contribution in [-0.4, -0.2) is 73.9 Å². The highest BCUT2D eigenvalue weighted by molar-refractivity contribution is 7.87. The molecule has 7 aromatic rings. The zero-order chi connectivity index (χ0) is 53.1. The van der Waals surface area contributed by atoms with E-state index in [1.165, 1.54) is 41.9 Å². The van der Waals surface area contributed by atoms with Gasteiger partial charge in [0.2, 0.25) is 0 Å². The van der Waals surface area contributed by atoms with Crippen molar-refractivity contribution in [2.75, 3.05) is 20.8 Å². The lowest BCUT2D eigenvalue weighted by Crippen LogP contribution is -2.51. The Balaban J connectivity index is 1.42. The van der Waals surface area contributed by atoms with Crippen LogP contribution in [0.1, 0.15) is 65.9 Å². The quantitative estimate of drug-likeness (QED) is 0.0513. The van der Waals surface area contributed by atoms with Crippen molar-refractivity contribution in [1.29, 1.82) is 0 Å². The van der Waals surface area contributed by atoms with Crippen molar-refractivity contribution in [2.45, 2.75) is 74.5 Å². The fraction of sp³-hybridized carbons (Fsp3) is 0.268. The molecular formula is C56H53F3N2O12S. The molecule has 0 bridgehead atoms. The van der Waals surface area contributed by atoms with E-state index < -0.39 is 80.9 Å². The maximum absolute atomic E-state index is 14.9. The molecule has 0 amide bonds. The summed E-state index contributed by atoms with van der Waals surface area (Å²) in [6.07, 6.45) is -8.60. The Labute approximate surface area is 425 Å². The number of hydrogen-bond acceptors (Lipinski definition) is 12. The van der Waals surface area contributed by atoms with Crippen molar-refractivity contribution < 1.29 is 59.0 Å². The number of halogens is 3. The van der Waals surface area contributed by atoms with E-state index in [0.717, 1.165) is 10.8 Å². The molecule has 0 N–H and O–H groups in total. The molecule has 0 saturated carbocycles. The summed E-state index contributed by atoms with van der Waals surface area (Å²) in [6, 6.07) is 48.4. The van der Waals surface area contributed by atoms with Crippen LogP contribution in [0.25, 0.3) is 0 Å². The molecule has 74 heavy (non-hydrogen) atoms. The van der Waals surface area contributed by atoms with Crippen molar-refractivity contribution in [1.82, 2.24) is 9.13 Å². The maximum atomic E-state index is 14.9. The number of nitrogens with zero attached hydrogens (tertiary/aromatic N) is 2. The first-order chi connectivity index (χ1) is 35.2. The van der Waals surface area contributed by atoms with E-state index in [1.54, 1.807) is 170 Å².